The Morgan fingerprint density at radius 2 is 1.92 bits per heavy atom. The van der Waals surface area contributed by atoms with E-state index >= 15 is 0 Å². The van der Waals surface area contributed by atoms with E-state index in [0.29, 0.717) is 17.3 Å². The average molecular weight is 383 g/mol. The molecule has 1 aromatic carbocycles. The van der Waals surface area contributed by atoms with E-state index in [1.54, 1.807) is 17.0 Å². The van der Waals surface area contributed by atoms with Crippen molar-refractivity contribution >= 4 is 34.8 Å². The Morgan fingerprint density at radius 3 is 2.58 bits per heavy atom. The van der Waals surface area contributed by atoms with Crippen LogP contribution in [0, 0.1) is 0 Å². The first kappa shape index (κ1) is 20.5. The van der Waals surface area contributed by atoms with Gasteiger partial charge < -0.3 is 25.5 Å². The molecular weight excluding hydrogens is 356 g/mol. The zero-order valence-electron chi connectivity index (χ0n) is 15.3. The van der Waals surface area contributed by atoms with Gasteiger partial charge >= 0.3 is 11.8 Å². The lowest BCUT2D eigenvalue weighted by molar-refractivity contribution is -0.136. The molecule has 0 radical (unpaired) electrons. The van der Waals surface area contributed by atoms with Crippen LogP contribution in [0.5, 0.6) is 0 Å². The molecule has 8 heteroatoms. The zero-order valence-corrected chi connectivity index (χ0v) is 16.1. The number of benzene rings is 1. The van der Waals surface area contributed by atoms with Crippen LogP contribution in [-0.2, 0) is 9.59 Å². The molecule has 1 saturated heterocycles. The van der Waals surface area contributed by atoms with Crippen LogP contribution in [0.15, 0.2) is 18.2 Å². The minimum absolute atomic E-state index is 0.0129. The molecule has 1 fully saturated rings. The number of halogens is 1. The van der Waals surface area contributed by atoms with E-state index in [1.165, 1.54) is 6.42 Å². The van der Waals surface area contributed by atoms with Crippen molar-refractivity contribution in [1.29, 1.82) is 0 Å². The van der Waals surface area contributed by atoms with Gasteiger partial charge in [0, 0.05) is 31.2 Å². The fourth-order valence-corrected chi connectivity index (χ4v) is 3.15. The number of carbonyl (C=O) groups is 2. The topological polar surface area (TPSA) is 84.9 Å². The molecule has 1 aliphatic heterocycles. The van der Waals surface area contributed by atoms with E-state index in [-0.39, 0.29) is 6.54 Å². The van der Waals surface area contributed by atoms with Crippen LogP contribution in [0.1, 0.15) is 19.3 Å². The molecule has 1 aromatic rings. The van der Waals surface area contributed by atoms with Crippen LogP contribution in [0.3, 0.4) is 0 Å². The summed E-state index contributed by atoms with van der Waals surface area (Å²) in [5.41, 5.74) is 1.39. The van der Waals surface area contributed by atoms with Crippen molar-refractivity contribution in [3.05, 3.63) is 23.2 Å². The third-order valence-corrected chi connectivity index (χ3v) is 4.42. The summed E-state index contributed by atoms with van der Waals surface area (Å²) >= 11 is 6.06. The van der Waals surface area contributed by atoms with Crippen molar-refractivity contribution in [3.63, 3.8) is 0 Å². The Bertz CT molecular complexity index is 633. The predicted octanol–water partition coefficient (Wildman–Crippen LogP) is 1.31. The first-order chi connectivity index (χ1) is 12.4. The van der Waals surface area contributed by atoms with Crippen molar-refractivity contribution < 1.29 is 14.7 Å². The first-order valence-corrected chi connectivity index (χ1v) is 9.21. The van der Waals surface area contributed by atoms with Gasteiger partial charge in [0.25, 0.3) is 0 Å². The maximum absolute atomic E-state index is 12.2. The highest BCUT2D eigenvalue weighted by Gasteiger charge is 2.20. The van der Waals surface area contributed by atoms with Crippen LogP contribution in [0.2, 0.25) is 5.02 Å². The van der Waals surface area contributed by atoms with E-state index in [1.807, 2.05) is 20.2 Å². The lowest BCUT2D eigenvalue weighted by Gasteiger charge is -2.30. The Balaban J connectivity index is 1.99. The van der Waals surface area contributed by atoms with Crippen LogP contribution in [0.25, 0.3) is 0 Å². The van der Waals surface area contributed by atoms with Crippen molar-refractivity contribution in [1.82, 2.24) is 10.2 Å². The van der Waals surface area contributed by atoms with Crippen molar-refractivity contribution in [2.24, 2.45) is 0 Å². The molecule has 1 aliphatic rings. The fourth-order valence-electron chi connectivity index (χ4n) is 2.97. The van der Waals surface area contributed by atoms with Crippen LogP contribution in [0.4, 0.5) is 11.4 Å². The number of nitrogens with zero attached hydrogens (tertiary/aromatic N) is 2. The molecule has 0 spiro atoms. The summed E-state index contributed by atoms with van der Waals surface area (Å²) in [4.78, 5) is 28.2. The third kappa shape index (κ3) is 6.16. The summed E-state index contributed by atoms with van der Waals surface area (Å²) < 4.78 is 0. The Labute approximate surface area is 159 Å². The van der Waals surface area contributed by atoms with Gasteiger partial charge in [-0.05, 0) is 51.6 Å². The van der Waals surface area contributed by atoms with E-state index in [0.717, 1.165) is 31.6 Å². The fraction of sp³-hybridized carbons (Fsp3) is 0.556. The van der Waals surface area contributed by atoms with Gasteiger partial charge in [0.05, 0.1) is 17.5 Å². The minimum atomic E-state index is -0.785. The van der Waals surface area contributed by atoms with Gasteiger partial charge in [0.2, 0.25) is 0 Å². The van der Waals surface area contributed by atoms with E-state index in [2.05, 4.69) is 15.5 Å². The summed E-state index contributed by atoms with van der Waals surface area (Å²) in [5.74, 6) is -1.56. The number of amides is 2. The van der Waals surface area contributed by atoms with Gasteiger partial charge in [0.15, 0.2) is 0 Å². The highest BCUT2D eigenvalue weighted by atomic mass is 35.5. The Morgan fingerprint density at radius 1 is 1.23 bits per heavy atom. The molecule has 1 unspecified atom stereocenters. The highest BCUT2D eigenvalue weighted by Crippen LogP contribution is 2.31. The van der Waals surface area contributed by atoms with Crippen LogP contribution in [-0.4, -0.2) is 68.2 Å². The Kier molecular flexibility index (Phi) is 7.68. The van der Waals surface area contributed by atoms with Gasteiger partial charge in [0.1, 0.15) is 0 Å². The molecule has 26 heavy (non-hydrogen) atoms. The molecule has 1 atom stereocenters. The van der Waals surface area contributed by atoms with E-state index in [4.69, 9.17) is 11.6 Å². The summed E-state index contributed by atoms with van der Waals surface area (Å²) in [7, 11) is 3.64. The molecule has 1 heterocycles. The number of hydrogen-bond donors (Lipinski definition) is 3. The largest absolute Gasteiger partial charge is 0.390 e. The van der Waals surface area contributed by atoms with Gasteiger partial charge in [-0.3, -0.25) is 9.59 Å². The van der Waals surface area contributed by atoms with Gasteiger partial charge in [-0.2, -0.15) is 0 Å². The standard InChI is InChI=1S/C18H27ClN4O3/c1-22(2)12-14(24)11-20-17(25)18(26)21-15-10-13(19)6-7-16(15)23-8-4-3-5-9-23/h6-7,10,14,24H,3-5,8-9,11-12H2,1-2H3,(H,20,25)(H,21,26). The predicted molar refractivity (Wildman–Crippen MR) is 104 cm³/mol. The number of aliphatic hydroxyl groups excluding tert-OH is 1. The number of rotatable bonds is 6. The quantitative estimate of drug-likeness (QED) is 0.646. The number of hydrogen-bond acceptors (Lipinski definition) is 5. The number of aliphatic hydroxyl groups is 1. The average Bonchev–Trinajstić information content (AvgIpc) is 2.60. The SMILES string of the molecule is CN(C)CC(O)CNC(=O)C(=O)Nc1cc(Cl)ccc1N1CCCCC1. The summed E-state index contributed by atoms with van der Waals surface area (Å²) in [6, 6.07) is 5.29. The summed E-state index contributed by atoms with van der Waals surface area (Å²) in [6.07, 6.45) is 2.65. The van der Waals surface area contributed by atoms with Gasteiger partial charge in [-0.25, -0.2) is 0 Å². The Hall–Kier alpha value is -1.83. The molecule has 3 N–H and O–H groups in total. The van der Waals surface area contributed by atoms with Crippen LogP contribution < -0.4 is 15.5 Å². The number of nitrogens with one attached hydrogen (secondary N) is 2. The molecule has 7 nitrogen and oxygen atoms in total. The molecule has 144 valence electrons. The number of anilines is 2. The molecule has 0 saturated carbocycles. The maximum atomic E-state index is 12.2. The second kappa shape index (κ2) is 9.75. The first-order valence-electron chi connectivity index (χ1n) is 8.83. The molecule has 0 aromatic heterocycles. The summed E-state index contributed by atoms with van der Waals surface area (Å²) in [6.45, 7) is 2.23. The number of piperidine rings is 1. The minimum Gasteiger partial charge on any atom is -0.390 e. The van der Waals surface area contributed by atoms with Crippen LogP contribution >= 0.6 is 11.6 Å². The van der Waals surface area contributed by atoms with Gasteiger partial charge in [-0.1, -0.05) is 11.6 Å². The van der Waals surface area contributed by atoms with E-state index in [9.17, 15) is 14.7 Å². The second-order valence-electron chi connectivity index (χ2n) is 6.79. The monoisotopic (exact) mass is 382 g/mol. The number of likely N-dealkylation sites (N-methyl/N-ethyl adjacent to an activating group) is 1. The highest BCUT2D eigenvalue weighted by molar-refractivity contribution is 6.40. The zero-order chi connectivity index (χ0) is 19.1. The van der Waals surface area contributed by atoms with Crippen molar-refractivity contribution in [2.45, 2.75) is 25.4 Å². The second-order valence-corrected chi connectivity index (χ2v) is 7.23. The molecular formula is C18H27ClN4O3. The lowest BCUT2D eigenvalue weighted by Crippen LogP contribution is -2.42. The molecule has 2 amide bonds. The lowest BCUT2D eigenvalue weighted by atomic mass is 10.1. The van der Waals surface area contributed by atoms with Crippen molar-refractivity contribution in [3.8, 4) is 0 Å². The normalized spacial score (nSPS) is 15.7. The molecule has 0 bridgehead atoms. The molecule has 2 rings (SSSR count). The summed E-state index contributed by atoms with van der Waals surface area (Å²) in [5, 5.41) is 15.4. The maximum Gasteiger partial charge on any atom is 0.313 e. The third-order valence-electron chi connectivity index (χ3n) is 4.18. The van der Waals surface area contributed by atoms with Crippen molar-refractivity contribution in [2.75, 3.05) is 50.5 Å². The molecule has 0 aliphatic carbocycles. The van der Waals surface area contributed by atoms with E-state index < -0.39 is 17.9 Å². The van der Waals surface area contributed by atoms with Gasteiger partial charge in [-0.15, -0.1) is 0 Å². The smallest absolute Gasteiger partial charge is 0.313 e. The number of carbonyl (C=O) groups excluding carboxylic acids is 2.